The molecule has 0 bridgehead atoms. The number of hydrogen-bond acceptors (Lipinski definition) is 2. The highest BCUT2D eigenvalue weighted by atomic mass is 35.5. The van der Waals surface area contributed by atoms with Gasteiger partial charge in [0, 0.05) is 5.69 Å². The van der Waals surface area contributed by atoms with Crippen LogP contribution in [0.1, 0.15) is 22.5 Å². The van der Waals surface area contributed by atoms with Crippen molar-refractivity contribution in [2.24, 2.45) is 0 Å². The zero-order valence-electron chi connectivity index (χ0n) is 15.3. The van der Waals surface area contributed by atoms with Crippen molar-refractivity contribution in [1.82, 2.24) is 9.78 Å². The highest BCUT2D eigenvalue weighted by Crippen LogP contribution is 2.23. The summed E-state index contributed by atoms with van der Waals surface area (Å²) in [6.07, 6.45) is 0. The molecule has 2 N–H and O–H groups in total. The van der Waals surface area contributed by atoms with E-state index in [0.717, 1.165) is 5.69 Å². The molecule has 0 spiro atoms. The van der Waals surface area contributed by atoms with Gasteiger partial charge in [-0.2, -0.15) is 5.10 Å². The van der Waals surface area contributed by atoms with Gasteiger partial charge in [0.25, 0.3) is 0 Å². The normalized spacial score (nSPS) is 10.7. The maximum Gasteiger partial charge on any atom is 0.323 e. The maximum absolute atomic E-state index is 13.2. The van der Waals surface area contributed by atoms with E-state index in [0.29, 0.717) is 23.6 Å². The van der Waals surface area contributed by atoms with Crippen LogP contribution >= 0.6 is 11.6 Å². The number of aryl methyl sites for hydroxylation is 2. The van der Waals surface area contributed by atoms with E-state index >= 15 is 0 Å². The predicted octanol–water partition coefficient (Wildman–Crippen LogP) is 5.29. The summed E-state index contributed by atoms with van der Waals surface area (Å²) in [5.74, 6) is -0.535. The molecule has 0 saturated heterocycles. The van der Waals surface area contributed by atoms with Gasteiger partial charge >= 0.3 is 6.03 Å². The third kappa shape index (κ3) is 4.28. The number of urea groups is 1. The first-order valence-electron chi connectivity index (χ1n) is 8.46. The minimum absolute atomic E-state index is 0.0498. The highest BCUT2D eigenvalue weighted by molar-refractivity contribution is 6.31. The molecule has 1 heterocycles. The number of nitrogens with zero attached hydrogens (tertiary/aromatic N) is 2. The molecular formula is C20H20ClFN4O. The minimum atomic E-state index is -0.535. The molecule has 140 valence electrons. The van der Waals surface area contributed by atoms with Gasteiger partial charge in [-0.15, -0.1) is 0 Å². The summed E-state index contributed by atoms with van der Waals surface area (Å²) in [6, 6.07) is 11.7. The highest BCUT2D eigenvalue weighted by Gasteiger charge is 2.15. The molecule has 0 atom stereocenters. The third-order valence-corrected chi connectivity index (χ3v) is 4.67. The van der Waals surface area contributed by atoms with Crippen molar-refractivity contribution in [2.45, 2.75) is 27.3 Å². The lowest BCUT2D eigenvalue weighted by Crippen LogP contribution is -2.20. The Morgan fingerprint density at radius 3 is 2.59 bits per heavy atom. The van der Waals surface area contributed by atoms with Gasteiger partial charge in [0.15, 0.2) is 0 Å². The van der Waals surface area contributed by atoms with Gasteiger partial charge in [0.1, 0.15) is 5.82 Å². The van der Waals surface area contributed by atoms with E-state index in [4.69, 9.17) is 11.6 Å². The topological polar surface area (TPSA) is 59.0 Å². The van der Waals surface area contributed by atoms with E-state index in [9.17, 15) is 9.18 Å². The molecule has 0 saturated carbocycles. The predicted molar refractivity (Wildman–Crippen MR) is 106 cm³/mol. The van der Waals surface area contributed by atoms with Gasteiger partial charge in [0.05, 0.1) is 28.6 Å². The van der Waals surface area contributed by atoms with Crippen molar-refractivity contribution in [3.8, 4) is 0 Å². The second-order valence-electron chi connectivity index (χ2n) is 6.34. The summed E-state index contributed by atoms with van der Waals surface area (Å²) in [5, 5.41) is 9.94. The fourth-order valence-electron chi connectivity index (χ4n) is 2.83. The summed E-state index contributed by atoms with van der Waals surface area (Å²) in [4.78, 5) is 12.3. The van der Waals surface area contributed by atoms with E-state index in [1.54, 1.807) is 0 Å². The maximum atomic E-state index is 13.2. The summed E-state index contributed by atoms with van der Waals surface area (Å²) < 4.78 is 15.1. The summed E-state index contributed by atoms with van der Waals surface area (Å²) in [7, 11) is 0. The first kappa shape index (κ1) is 18.9. The molecule has 0 aliphatic carbocycles. The molecule has 2 aromatic carbocycles. The van der Waals surface area contributed by atoms with Crippen LogP contribution in [0, 0.1) is 26.6 Å². The molecule has 0 radical (unpaired) electrons. The minimum Gasteiger partial charge on any atom is -0.308 e. The smallest absolute Gasteiger partial charge is 0.308 e. The lowest BCUT2D eigenvalue weighted by molar-refractivity contribution is 0.262. The molecule has 7 heteroatoms. The number of rotatable bonds is 4. The number of benzene rings is 2. The molecule has 3 aromatic rings. The zero-order chi connectivity index (χ0) is 19.6. The van der Waals surface area contributed by atoms with E-state index < -0.39 is 11.8 Å². The van der Waals surface area contributed by atoms with Gasteiger partial charge in [-0.05, 0) is 50.1 Å². The number of amides is 2. The van der Waals surface area contributed by atoms with Crippen molar-refractivity contribution in [3.63, 3.8) is 0 Å². The summed E-state index contributed by atoms with van der Waals surface area (Å²) in [5.41, 5.74) is 4.97. The van der Waals surface area contributed by atoms with Crippen molar-refractivity contribution < 1.29 is 9.18 Å². The summed E-state index contributed by atoms with van der Waals surface area (Å²) >= 11 is 5.74. The van der Waals surface area contributed by atoms with Crippen LogP contribution in [0.4, 0.5) is 20.6 Å². The van der Waals surface area contributed by atoms with Crippen LogP contribution in [0.5, 0.6) is 0 Å². The average molecular weight is 387 g/mol. The van der Waals surface area contributed by atoms with Crippen LogP contribution in [0.2, 0.25) is 5.02 Å². The van der Waals surface area contributed by atoms with Gasteiger partial charge in [0.2, 0.25) is 0 Å². The second-order valence-corrected chi connectivity index (χ2v) is 6.75. The average Bonchev–Trinajstić information content (AvgIpc) is 2.88. The van der Waals surface area contributed by atoms with Gasteiger partial charge < -0.3 is 10.6 Å². The zero-order valence-corrected chi connectivity index (χ0v) is 16.1. The second kappa shape index (κ2) is 7.80. The first-order chi connectivity index (χ1) is 12.8. The van der Waals surface area contributed by atoms with Crippen LogP contribution in [0.15, 0.2) is 42.5 Å². The quantitative estimate of drug-likeness (QED) is 0.639. The Hall–Kier alpha value is -2.86. The molecule has 0 unspecified atom stereocenters. The number of anilines is 2. The van der Waals surface area contributed by atoms with E-state index in [-0.39, 0.29) is 5.02 Å². The molecule has 2 amide bonds. The monoisotopic (exact) mass is 386 g/mol. The molecule has 0 fully saturated rings. The lowest BCUT2D eigenvalue weighted by Gasteiger charge is -2.10. The Balaban J connectivity index is 1.75. The van der Waals surface area contributed by atoms with Crippen LogP contribution in [-0.2, 0) is 6.54 Å². The van der Waals surface area contributed by atoms with Crippen LogP contribution in [0.3, 0.4) is 0 Å². The first-order valence-corrected chi connectivity index (χ1v) is 8.84. The van der Waals surface area contributed by atoms with Gasteiger partial charge in [-0.1, -0.05) is 35.9 Å². The molecule has 3 rings (SSSR count). The Labute approximate surface area is 162 Å². The van der Waals surface area contributed by atoms with Gasteiger partial charge in [-0.3, -0.25) is 4.68 Å². The van der Waals surface area contributed by atoms with Crippen molar-refractivity contribution in [1.29, 1.82) is 0 Å². The number of aromatic nitrogens is 2. The van der Waals surface area contributed by atoms with E-state index in [1.165, 1.54) is 29.3 Å². The van der Waals surface area contributed by atoms with Gasteiger partial charge in [-0.25, -0.2) is 9.18 Å². The SMILES string of the molecule is Cc1ccccc1Cn1nc(C)c(NC(=O)Nc2ccc(F)c(Cl)c2)c1C. The number of nitrogens with one attached hydrogen (secondary N) is 2. The third-order valence-electron chi connectivity index (χ3n) is 4.38. The number of hydrogen-bond donors (Lipinski definition) is 2. The van der Waals surface area contributed by atoms with E-state index in [1.807, 2.05) is 30.7 Å². The molecular weight excluding hydrogens is 367 g/mol. The molecule has 1 aromatic heterocycles. The van der Waals surface area contributed by atoms with Crippen LogP contribution in [-0.4, -0.2) is 15.8 Å². The largest absolute Gasteiger partial charge is 0.323 e. The fraction of sp³-hybridized carbons (Fsp3) is 0.200. The molecule has 5 nitrogen and oxygen atoms in total. The Kier molecular flexibility index (Phi) is 5.46. The van der Waals surface area contributed by atoms with Crippen LogP contribution in [0.25, 0.3) is 0 Å². The van der Waals surface area contributed by atoms with Crippen molar-refractivity contribution in [2.75, 3.05) is 10.6 Å². The fourth-order valence-corrected chi connectivity index (χ4v) is 3.01. The van der Waals surface area contributed by atoms with E-state index in [2.05, 4.69) is 34.8 Å². The molecule has 0 aliphatic rings. The number of carbonyl (C=O) groups excluding carboxylic acids is 1. The standard InChI is InChI=1S/C20H20ClFN4O/c1-12-6-4-5-7-15(12)11-26-14(3)19(13(2)25-26)24-20(27)23-16-8-9-18(22)17(21)10-16/h4-10H,11H2,1-3H3,(H2,23,24,27). The lowest BCUT2D eigenvalue weighted by atomic mass is 10.1. The Bertz CT molecular complexity index is 1000. The number of halogens is 2. The molecule has 27 heavy (non-hydrogen) atoms. The van der Waals surface area contributed by atoms with Crippen LogP contribution < -0.4 is 10.6 Å². The Morgan fingerprint density at radius 1 is 1.15 bits per heavy atom. The van der Waals surface area contributed by atoms with Crippen molar-refractivity contribution >= 4 is 29.0 Å². The van der Waals surface area contributed by atoms with Crippen molar-refractivity contribution in [3.05, 3.63) is 75.8 Å². The number of carbonyl (C=O) groups is 1. The molecule has 0 aliphatic heterocycles. The summed E-state index contributed by atoms with van der Waals surface area (Å²) in [6.45, 7) is 6.42. The Morgan fingerprint density at radius 2 is 1.89 bits per heavy atom.